The zero-order valence-corrected chi connectivity index (χ0v) is 12.9. The SMILES string of the molecule is O=C(O)c1cc(-c2ccco2)ccc1Sc1ccc(Cl)cc1. The fraction of sp³-hybridized carbons (Fsp3) is 0. The van der Waals surface area contributed by atoms with Crippen LogP contribution in [0.5, 0.6) is 0 Å². The summed E-state index contributed by atoms with van der Waals surface area (Å²) >= 11 is 7.25. The van der Waals surface area contributed by atoms with Gasteiger partial charge in [0.2, 0.25) is 0 Å². The average Bonchev–Trinajstić information content (AvgIpc) is 3.04. The predicted molar refractivity (Wildman–Crippen MR) is 86.7 cm³/mol. The third kappa shape index (κ3) is 3.18. The van der Waals surface area contributed by atoms with Crippen LogP contribution in [0.2, 0.25) is 5.02 Å². The number of aromatic carboxylic acids is 1. The molecular formula is C17H11ClO3S. The lowest BCUT2D eigenvalue weighted by Crippen LogP contribution is -1.99. The molecule has 0 radical (unpaired) electrons. The Balaban J connectivity index is 1.97. The number of halogens is 1. The van der Waals surface area contributed by atoms with E-state index in [2.05, 4.69) is 0 Å². The molecule has 0 saturated carbocycles. The third-order valence-corrected chi connectivity index (χ3v) is 4.39. The normalized spacial score (nSPS) is 10.6. The van der Waals surface area contributed by atoms with E-state index in [0.29, 0.717) is 15.7 Å². The van der Waals surface area contributed by atoms with Crippen LogP contribution < -0.4 is 0 Å². The molecule has 0 amide bonds. The lowest BCUT2D eigenvalue weighted by Gasteiger charge is -2.08. The summed E-state index contributed by atoms with van der Waals surface area (Å²) in [5, 5.41) is 10.1. The molecule has 3 rings (SSSR count). The monoisotopic (exact) mass is 330 g/mol. The minimum absolute atomic E-state index is 0.244. The van der Waals surface area contributed by atoms with Gasteiger partial charge in [0.25, 0.3) is 0 Å². The van der Waals surface area contributed by atoms with Gasteiger partial charge < -0.3 is 9.52 Å². The molecule has 0 saturated heterocycles. The number of benzene rings is 2. The van der Waals surface area contributed by atoms with Crippen molar-refractivity contribution in [1.29, 1.82) is 0 Å². The van der Waals surface area contributed by atoms with Crippen LogP contribution in [0.25, 0.3) is 11.3 Å². The Morgan fingerprint density at radius 1 is 1.09 bits per heavy atom. The highest BCUT2D eigenvalue weighted by molar-refractivity contribution is 7.99. The third-order valence-electron chi connectivity index (χ3n) is 3.06. The molecular weight excluding hydrogens is 320 g/mol. The Morgan fingerprint density at radius 3 is 2.50 bits per heavy atom. The largest absolute Gasteiger partial charge is 0.478 e. The van der Waals surface area contributed by atoms with Crippen LogP contribution in [-0.2, 0) is 0 Å². The number of rotatable bonds is 4. The molecule has 1 N–H and O–H groups in total. The smallest absolute Gasteiger partial charge is 0.336 e. The molecule has 0 aliphatic heterocycles. The van der Waals surface area contributed by atoms with Crippen molar-refractivity contribution in [2.75, 3.05) is 0 Å². The van der Waals surface area contributed by atoms with E-state index < -0.39 is 5.97 Å². The van der Waals surface area contributed by atoms with Gasteiger partial charge in [0, 0.05) is 20.4 Å². The molecule has 0 spiro atoms. The zero-order valence-electron chi connectivity index (χ0n) is 11.3. The highest BCUT2D eigenvalue weighted by atomic mass is 35.5. The summed E-state index contributed by atoms with van der Waals surface area (Å²) < 4.78 is 5.31. The summed E-state index contributed by atoms with van der Waals surface area (Å²) in [4.78, 5) is 13.1. The van der Waals surface area contributed by atoms with Gasteiger partial charge in [0.1, 0.15) is 5.76 Å². The topological polar surface area (TPSA) is 50.4 Å². The lowest BCUT2D eigenvalue weighted by molar-refractivity contribution is 0.0693. The predicted octanol–water partition coefficient (Wildman–Crippen LogP) is 5.45. The van der Waals surface area contributed by atoms with E-state index in [1.54, 1.807) is 42.7 Å². The molecule has 0 fully saturated rings. The second kappa shape index (κ2) is 6.30. The van der Waals surface area contributed by atoms with Crippen molar-refractivity contribution in [3.8, 4) is 11.3 Å². The second-order valence-corrected chi connectivity index (χ2v) is 6.10. The molecule has 5 heteroatoms. The summed E-state index contributed by atoms with van der Waals surface area (Å²) in [6.07, 6.45) is 1.56. The number of carboxylic acid groups (broad SMARTS) is 1. The summed E-state index contributed by atoms with van der Waals surface area (Å²) in [5.74, 6) is -0.324. The first kappa shape index (κ1) is 14.8. The molecule has 0 bridgehead atoms. The van der Waals surface area contributed by atoms with Crippen LogP contribution in [0, 0.1) is 0 Å². The molecule has 1 heterocycles. The summed E-state index contributed by atoms with van der Waals surface area (Å²) in [7, 11) is 0. The maximum absolute atomic E-state index is 11.5. The van der Waals surface area contributed by atoms with E-state index in [0.717, 1.165) is 10.5 Å². The zero-order chi connectivity index (χ0) is 15.5. The molecule has 3 aromatic rings. The van der Waals surface area contributed by atoms with Gasteiger partial charge in [-0.3, -0.25) is 0 Å². The van der Waals surface area contributed by atoms with Gasteiger partial charge in [0.05, 0.1) is 11.8 Å². The van der Waals surface area contributed by atoms with Crippen molar-refractivity contribution in [1.82, 2.24) is 0 Å². The van der Waals surface area contributed by atoms with Crippen molar-refractivity contribution in [3.05, 3.63) is 71.4 Å². The van der Waals surface area contributed by atoms with Crippen LogP contribution in [0.3, 0.4) is 0 Å². The molecule has 0 aliphatic carbocycles. The summed E-state index contributed by atoms with van der Waals surface area (Å²) in [5.41, 5.74) is 0.983. The van der Waals surface area contributed by atoms with Gasteiger partial charge in [-0.2, -0.15) is 0 Å². The van der Waals surface area contributed by atoms with Crippen LogP contribution >= 0.6 is 23.4 Å². The fourth-order valence-corrected chi connectivity index (χ4v) is 3.06. The molecule has 0 aliphatic rings. The molecule has 22 heavy (non-hydrogen) atoms. The van der Waals surface area contributed by atoms with Crippen LogP contribution in [-0.4, -0.2) is 11.1 Å². The van der Waals surface area contributed by atoms with E-state index >= 15 is 0 Å². The fourth-order valence-electron chi connectivity index (χ4n) is 2.01. The number of hydrogen-bond donors (Lipinski definition) is 1. The van der Waals surface area contributed by atoms with Gasteiger partial charge in [-0.15, -0.1) is 0 Å². The van der Waals surface area contributed by atoms with Crippen LogP contribution in [0.1, 0.15) is 10.4 Å². The van der Waals surface area contributed by atoms with Crippen molar-refractivity contribution >= 4 is 29.3 Å². The van der Waals surface area contributed by atoms with Gasteiger partial charge in [-0.1, -0.05) is 29.4 Å². The molecule has 110 valence electrons. The first-order valence-electron chi connectivity index (χ1n) is 6.48. The number of carboxylic acids is 1. The van der Waals surface area contributed by atoms with Gasteiger partial charge >= 0.3 is 5.97 Å². The Labute approximate surface area is 136 Å². The summed E-state index contributed by atoms with van der Waals surface area (Å²) in [6, 6.07) is 16.1. The lowest BCUT2D eigenvalue weighted by atomic mass is 10.1. The first-order valence-corrected chi connectivity index (χ1v) is 7.67. The first-order chi connectivity index (χ1) is 10.6. The van der Waals surface area contributed by atoms with E-state index in [1.807, 2.05) is 18.2 Å². The van der Waals surface area contributed by atoms with E-state index in [1.165, 1.54) is 11.8 Å². The average molecular weight is 331 g/mol. The van der Waals surface area contributed by atoms with E-state index in [4.69, 9.17) is 16.0 Å². The molecule has 1 aromatic heterocycles. The highest BCUT2D eigenvalue weighted by Crippen LogP contribution is 2.33. The number of furan rings is 1. The Kier molecular flexibility index (Phi) is 4.22. The Hall–Kier alpha value is -2.17. The standard InChI is InChI=1S/C17H11ClO3S/c18-12-4-6-13(7-5-12)22-16-8-3-11(10-14(16)17(19)20)15-2-1-9-21-15/h1-10H,(H,19,20). The minimum Gasteiger partial charge on any atom is -0.478 e. The second-order valence-electron chi connectivity index (χ2n) is 4.55. The van der Waals surface area contributed by atoms with Gasteiger partial charge in [0.15, 0.2) is 0 Å². The molecule has 0 atom stereocenters. The van der Waals surface area contributed by atoms with E-state index in [-0.39, 0.29) is 5.56 Å². The van der Waals surface area contributed by atoms with Crippen molar-refractivity contribution < 1.29 is 14.3 Å². The number of hydrogen-bond acceptors (Lipinski definition) is 3. The van der Waals surface area contributed by atoms with Crippen molar-refractivity contribution in [3.63, 3.8) is 0 Å². The maximum atomic E-state index is 11.5. The van der Waals surface area contributed by atoms with Gasteiger partial charge in [-0.05, 0) is 48.5 Å². The van der Waals surface area contributed by atoms with Crippen molar-refractivity contribution in [2.24, 2.45) is 0 Å². The quantitative estimate of drug-likeness (QED) is 0.691. The number of carbonyl (C=O) groups is 1. The van der Waals surface area contributed by atoms with Crippen molar-refractivity contribution in [2.45, 2.75) is 9.79 Å². The van der Waals surface area contributed by atoms with E-state index in [9.17, 15) is 9.90 Å². The van der Waals surface area contributed by atoms with Crippen LogP contribution in [0.4, 0.5) is 0 Å². The maximum Gasteiger partial charge on any atom is 0.336 e. The summed E-state index contributed by atoms with van der Waals surface area (Å²) in [6.45, 7) is 0. The molecule has 0 unspecified atom stereocenters. The minimum atomic E-state index is -0.968. The molecule has 3 nitrogen and oxygen atoms in total. The Bertz CT molecular complexity index is 795. The van der Waals surface area contributed by atoms with Crippen LogP contribution in [0.15, 0.2) is 75.1 Å². The van der Waals surface area contributed by atoms with Gasteiger partial charge in [-0.25, -0.2) is 4.79 Å². The molecule has 2 aromatic carbocycles. The Morgan fingerprint density at radius 2 is 1.86 bits per heavy atom. The highest BCUT2D eigenvalue weighted by Gasteiger charge is 2.14.